The minimum Gasteiger partial charge on any atom is -0.394 e. The van der Waals surface area contributed by atoms with Crippen LogP contribution >= 0.6 is 0 Å². The van der Waals surface area contributed by atoms with Crippen molar-refractivity contribution in [3.05, 3.63) is 65.5 Å². The summed E-state index contributed by atoms with van der Waals surface area (Å²) in [5, 5.41) is 18.1. The average Bonchev–Trinajstić information content (AvgIpc) is 2.53. The maximum atomic E-state index is 13.7. The Hall–Kier alpha value is -2.27. The monoisotopic (exact) mass is 320 g/mol. The first-order valence-electron chi connectivity index (χ1n) is 6.35. The molecule has 5 nitrogen and oxygen atoms in total. The zero-order valence-electron chi connectivity index (χ0n) is 11.4. The van der Waals surface area contributed by atoms with E-state index in [0.717, 1.165) is 0 Å². The normalized spacial score (nSPS) is 12.6. The van der Waals surface area contributed by atoms with Gasteiger partial charge in [-0.25, -0.2) is 17.5 Å². The zero-order valence-corrected chi connectivity index (χ0v) is 12.2. The van der Waals surface area contributed by atoms with E-state index in [1.807, 2.05) is 6.07 Å². The van der Waals surface area contributed by atoms with Crippen molar-refractivity contribution >= 4 is 10.0 Å². The lowest BCUT2D eigenvalue weighted by atomic mass is 10.1. The van der Waals surface area contributed by atoms with Gasteiger partial charge in [0.15, 0.2) is 0 Å². The lowest BCUT2D eigenvalue weighted by Crippen LogP contribution is -2.31. The van der Waals surface area contributed by atoms with E-state index in [2.05, 4.69) is 4.72 Å². The molecule has 1 unspecified atom stereocenters. The summed E-state index contributed by atoms with van der Waals surface area (Å²) in [7, 11) is -3.95. The highest BCUT2D eigenvalue weighted by Gasteiger charge is 2.22. The second-order valence-corrected chi connectivity index (χ2v) is 6.23. The van der Waals surface area contributed by atoms with E-state index in [0.29, 0.717) is 5.56 Å². The molecule has 0 fully saturated rings. The van der Waals surface area contributed by atoms with Crippen molar-refractivity contribution in [1.82, 2.24) is 4.72 Å². The van der Waals surface area contributed by atoms with Gasteiger partial charge in [-0.3, -0.25) is 0 Å². The number of hydrogen-bond acceptors (Lipinski definition) is 4. The number of hydrogen-bond donors (Lipinski definition) is 2. The van der Waals surface area contributed by atoms with E-state index in [1.54, 1.807) is 6.07 Å². The molecule has 2 aromatic carbocycles. The van der Waals surface area contributed by atoms with Gasteiger partial charge in [0.2, 0.25) is 10.0 Å². The molecule has 0 aliphatic carbocycles. The average molecular weight is 320 g/mol. The van der Waals surface area contributed by atoms with Crippen molar-refractivity contribution in [3.8, 4) is 6.07 Å². The number of aliphatic hydroxyl groups excluding tert-OH is 1. The van der Waals surface area contributed by atoms with Gasteiger partial charge in [0.05, 0.1) is 29.2 Å². The molecule has 0 spiro atoms. The van der Waals surface area contributed by atoms with Gasteiger partial charge in [0, 0.05) is 5.56 Å². The molecule has 2 rings (SSSR count). The maximum Gasteiger partial charge on any atom is 0.241 e. The van der Waals surface area contributed by atoms with Crippen LogP contribution in [-0.4, -0.2) is 20.1 Å². The molecule has 0 aromatic heterocycles. The molecular formula is C15H13FN2O3S. The highest BCUT2D eigenvalue weighted by atomic mass is 32.2. The Balaban J connectivity index is 2.30. The Bertz CT molecular complexity index is 798. The van der Waals surface area contributed by atoms with Crippen molar-refractivity contribution in [2.45, 2.75) is 10.9 Å². The van der Waals surface area contributed by atoms with Crippen LogP contribution in [0.2, 0.25) is 0 Å². The second kappa shape index (κ2) is 6.66. The molecule has 7 heteroatoms. The fourth-order valence-electron chi connectivity index (χ4n) is 1.92. The van der Waals surface area contributed by atoms with Crippen LogP contribution in [0.4, 0.5) is 4.39 Å². The van der Waals surface area contributed by atoms with Crippen LogP contribution in [0.3, 0.4) is 0 Å². The highest BCUT2D eigenvalue weighted by molar-refractivity contribution is 7.89. The highest BCUT2D eigenvalue weighted by Crippen LogP contribution is 2.20. The fourth-order valence-corrected chi connectivity index (χ4v) is 3.13. The topological polar surface area (TPSA) is 90.2 Å². The number of nitrogens with one attached hydrogen (secondary N) is 1. The maximum absolute atomic E-state index is 13.7. The molecule has 0 saturated carbocycles. The van der Waals surface area contributed by atoms with Gasteiger partial charge in [0.25, 0.3) is 0 Å². The molecule has 0 aliphatic rings. The minimum atomic E-state index is -3.95. The van der Waals surface area contributed by atoms with Crippen LogP contribution in [0.15, 0.2) is 53.4 Å². The number of nitriles is 1. The number of halogens is 1. The van der Waals surface area contributed by atoms with Crippen molar-refractivity contribution in [1.29, 1.82) is 5.26 Å². The molecular weight excluding hydrogens is 307 g/mol. The summed E-state index contributed by atoms with van der Waals surface area (Å²) in [6.45, 7) is -0.587. The number of aliphatic hydroxyl groups is 1. The quantitative estimate of drug-likeness (QED) is 0.877. The van der Waals surface area contributed by atoms with Crippen LogP contribution < -0.4 is 4.72 Å². The van der Waals surface area contributed by atoms with E-state index in [1.165, 1.54) is 42.5 Å². The van der Waals surface area contributed by atoms with E-state index in [4.69, 9.17) is 5.26 Å². The first kappa shape index (κ1) is 16.1. The second-order valence-electron chi connectivity index (χ2n) is 4.51. The first-order chi connectivity index (χ1) is 10.5. The third-order valence-corrected chi connectivity index (χ3v) is 4.54. The van der Waals surface area contributed by atoms with Gasteiger partial charge in [-0.15, -0.1) is 0 Å². The molecule has 1 atom stereocenters. The molecule has 22 heavy (non-hydrogen) atoms. The van der Waals surface area contributed by atoms with Gasteiger partial charge in [0.1, 0.15) is 5.82 Å². The summed E-state index contributed by atoms with van der Waals surface area (Å²) in [6, 6.07) is 11.7. The summed E-state index contributed by atoms with van der Waals surface area (Å²) in [4.78, 5) is -0.0683. The predicted octanol–water partition coefficient (Wildman–Crippen LogP) is 1.71. The van der Waals surface area contributed by atoms with Gasteiger partial charge in [-0.2, -0.15) is 5.26 Å². The first-order valence-corrected chi connectivity index (χ1v) is 7.84. The molecule has 0 heterocycles. The number of sulfonamides is 1. The predicted molar refractivity (Wildman–Crippen MR) is 77.7 cm³/mol. The summed E-state index contributed by atoms with van der Waals surface area (Å²) in [6.07, 6.45) is 0. The smallest absolute Gasteiger partial charge is 0.241 e. The molecule has 0 bridgehead atoms. The van der Waals surface area contributed by atoms with E-state index < -0.39 is 28.5 Å². The van der Waals surface area contributed by atoms with Crippen LogP contribution in [-0.2, 0) is 10.0 Å². The van der Waals surface area contributed by atoms with Gasteiger partial charge in [-0.05, 0) is 30.3 Å². The molecule has 114 valence electrons. The van der Waals surface area contributed by atoms with Crippen molar-refractivity contribution in [2.75, 3.05) is 6.61 Å². The number of rotatable bonds is 5. The van der Waals surface area contributed by atoms with Crippen LogP contribution in [0.25, 0.3) is 0 Å². The van der Waals surface area contributed by atoms with Crippen LogP contribution in [0.5, 0.6) is 0 Å². The summed E-state index contributed by atoms with van der Waals surface area (Å²) in [5.41, 5.74) is 0.383. The van der Waals surface area contributed by atoms with Crippen molar-refractivity contribution in [2.24, 2.45) is 0 Å². The molecule has 0 radical (unpaired) electrons. The number of nitrogens with zero attached hydrogens (tertiary/aromatic N) is 1. The number of benzene rings is 2. The fraction of sp³-hybridized carbons (Fsp3) is 0.133. The zero-order chi connectivity index (χ0) is 16.2. The van der Waals surface area contributed by atoms with Gasteiger partial charge >= 0.3 is 0 Å². The van der Waals surface area contributed by atoms with Crippen molar-refractivity contribution in [3.63, 3.8) is 0 Å². The molecule has 2 aromatic rings. The van der Waals surface area contributed by atoms with E-state index >= 15 is 0 Å². The lowest BCUT2D eigenvalue weighted by molar-refractivity contribution is 0.256. The van der Waals surface area contributed by atoms with E-state index in [9.17, 15) is 17.9 Å². The van der Waals surface area contributed by atoms with Gasteiger partial charge < -0.3 is 5.11 Å². The Morgan fingerprint density at radius 2 is 1.82 bits per heavy atom. The summed E-state index contributed by atoms with van der Waals surface area (Å²) < 4.78 is 40.5. The largest absolute Gasteiger partial charge is 0.394 e. The lowest BCUT2D eigenvalue weighted by Gasteiger charge is -2.17. The van der Waals surface area contributed by atoms with Crippen LogP contribution in [0.1, 0.15) is 17.2 Å². The van der Waals surface area contributed by atoms with Gasteiger partial charge in [-0.1, -0.05) is 18.2 Å². The Labute approximate surface area is 127 Å². The Morgan fingerprint density at radius 3 is 2.36 bits per heavy atom. The summed E-state index contributed by atoms with van der Waals surface area (Å²) >= 11 is 0. The van der Waals surface area contributed by atoms with Crippen molar-refractivity contribution < 1.29 is 17.9 Å². The van der Waals surface area contributed by atoms with E-state index in [-0.39, 0.29) is 10.5 Å². The molecule has 0 amide bonds. The standard InChI is InChI=1S/C15H13FN2O3S/c16-14-4-2-1-3-13(14)15(10-19)18-22(20,21)12-7-5-11(9-17)6-8-12/h1-8,15,18-19H,10H2. The SMILES string of the molecule is N#Cc1ccc(S(=O)(=O)NC(CO)c2ccccc2F)cc1. The summed E-state index contributed by atoms with van der Waals surface area (Å²) in [5.74, 6) is -0.607. The minimum absolute atomic E-state index is 0.0576. The van der Waals surface area contributed by atoms with Crippen LogP contribution in [0, 0.1) is 17.1 Å². The Kier molecular flexibility index (Phi) is 4.88. The molecule has 0 saturated heterocycles. The molecule has 0 aliphatic heterocycles. The third-order valence-electron chi connectivity index (χ3n) is 3.05. The molecule has 2 N–H and O–H groups in total. The third kappa shape index (κ3) is 3.49. The Morgan fingerprint density at radius 1 is 1.18 bits per heavy atom.